The first-order chi connectivity index (χ1) is 6.90. The number of nitrogens with two attached hydrogens (primary N) is 1. The normalized spacial score (nSPS) is 14.9. The molecule has 0 heterocycles. The summed E-state index contributed by atoms with van der Waals surface area (Å²) in [5.74, 6) is -0.661. The third-order valence-corrected chi connectivity index (χ3v) is 1.96. The molecule has 0 aliphatic carbocycles. The number of carbonyl (C=O) groups is 2. The molecule has 0 aromatic carbocycles. The van der Waals surface area contributed by atoms with Gasteiger partial charge in [-0.25, -0.2) is 0 Å². The molecule has 0 saturated carbocycles. The van der Waals surface area contributed by atoms with Crippen LogP contribution in [0.1, 0.15) is 27.7 Å². The van der Waals surface area contributed by atoms with Gasteiger partial charge in [-0.05, 0) is 5.92 Å². The minimum atomic E-state index is -0.861. The summed E-state index contributed by atoms with van der Waals surface area (Å²) in [6, 6.07) is -0.693. The fourth-order valence-corrected chi connectivity index (χ4v) is 0.841. The predicted octanol–water partition coefficient (Wildman–Crippen LogP) is 0.668. The molecule has 5 nitrogen and oxygen atoms in total. The fourth-order valence-electron chi connectivity index (χ4n) is 0.841. The highest BCUT2D eigenvalue weighted by Gasteiger charge is 2.25. The maximum Gasteiger partial charge on any atom is 0.326 e. The number of rotatable bonds is 6. The minimum absolute atomic E-state index is 0.0125. The van der Waals surface area contributed by atoms with Gasteiger partial charge in [-0.2, -0.15) is 0 Å². The standard InChI is InChI=1S/C10H19NO4/c1-6(2)8(11)9(13)15-10(7(3)4)14-5-12/h5-8,10H,11H2,1-4H3/t8-,10+/m0/s1. The van der Waals surface area contributed by atoms with Crippen molar-refractivity contribution in [2.45, 2.75) is 40.0 Å². The van der Waals surface area contributed by atoms with Gasteiger partial charge >= 0.3 is 5.97 Å². The third-order valence-electron chi connectivity index (χ3n) is 1.96. The first-order valence-electron chi connectivity index (χ1n) is 4.95. The Morgan fingerprint density at radius 2 is 1.73 bits per heavy atom. The molecule has 15 heavy (non-hydrogen) atoms. The van der Waals surface area contributed by atoms with E-state index in [2.05, 4.69) is 4.74 Å². The van der Waals surface area contributed by atoms with E-state index in [0.29, 0.717) is 0 Å². The van der Waals surface area contributed by atoms with Crippen LogP contribution in [0, 0.1) is 11.8 Å². The van der Waals surface area contributed by atoms with Crippen molar-refractivity contribution in [1.29, 1.82) is 0 Å². The Hall–Kier alpha value is -1.10. The Morgan fingerprint density at radius 3 is 2.07 bits per heavy atom. The van der Waals surface area contributed by atoms with Gasteiger partial charge in [-0.3, -0.25) is 9.59 Å². The van der Waals surface area contributed by atoms with Gasteiger partial charge in [0.15, 0.2) is 0 Å². The second kappa shape index (κ2) is 6.40. The third kappa shape index (κ3) is 4.78. The predicted molar refractivity (Wildman–Crippen MR) is 54.7 cm³/mol. The molecule has 0 aromatic heterocycles. The Balaban J connectivity index is 4.28. The number of esters is 1. The van der Waals surface area contributed by atoms with E-state index in [1.165, 1.54) is 0 Å². The van der Waals surface area contributed by atoms with Crippen molar-refractivity contribution in [1.82, 2.24) is 0 Å². The van der Waals surface area contributed by atoms with Crippen LogP contribution in [0.5, 0.6) is 0 Å². The van der Waals surface area contributed by atoms with Crippen molar-refractivity contribution < 1.29 is 19.1 Å². The molecule has 88 valence electrons. The molecule has 0 bridgehead atoms. The summed E-state index contributed by atoms with van der Waals surface area (Å²) in [5.41, 5.74) is 5.59. The largest absolute Gasteiger partial charge is 0.427 e. The summed E-state index contributed by atoms with van der Waals surface area (Å²) >= 11 is 0. The van der Waals surface area contributed by atoms with Gasteiger partial charge < -0.3 is 15.2 Å². The van der Waals surface area contributed by atoms with Crippen LogP contribution >= 0.6 is 0 Å². The first-order valence-corrected chi connectivity index (χ1v) is 4.95. The van der Waals surface area contributed by atoms with E-state index in [9.17, 15) is 9.59 Å². The van der Waals surface area contributed by atoms with E-state index in [4.69, 9.17) is 10.5 Å². The van der Waals surface area contributed by atoms with Gasteiger partial charge in [0.05, 0.1) is 0 Å². The molecule has 0 spiro atoms. The van der Waals surface area contributed by atoms with Crippen molar-refractivity contribution in [3.05, 3.63) is 0 Å². The number of hydrogen-bond acceptors (Lipinski definition) is 5. The van der Waals surface area contributed by atoms with Gasteiger partial charge in [0, 0.05) is 5.92 Å². The molecule has 5 heteroatoms. The smallest absolute Gasteiger partial charge is 0.326 e. The molecule has 0 aliphatic heterocycles. The van der Waals surface area contributed by atoms with E-state index < -0.39 is 18.3 Å². The topological polar surface area (TPSA) is 78.6 Å². The molecular weight excluding hydrogens is 198 g/mol. The molecule has 0 radical (unpaired) electrons. The van der Waals surface area contributed by atoms with Crippen molar-refractivity contribution >= 4 is 12.4 Å². The molecular formula is C10H19NO4. The quantitative estimate of drug-likeness (QED) is 0.402. The molecule has 0 amide bonds. The van der Waals surface area contributed by atoms with Gasteiger partial charge in [-0.15, -0.1) is 0 Å². The molecule has 0 saturated heterocycles. The van der Waals surface area contributed by atoms with E-state index in [1.807, 2.05) is 13.8 Å². The lowest BCUT2D eigenvalue weighted by molar-refractivity contribution is -0.189. The van der Waals surface area contributed by atoms with Crippen LogP contribution in [-0.2, 0) is 19.1 Å². The second-order valence-corrected chi connectivity index (χ2v) is 4.05. The maximum absolute atomic E-state index is 11.4. The summed E-state index contributed by atoms with van der Waals surface area (Å²) in [6.07, 6.45) is -0.861. The Labute approximate surface area is 89.9 Å². The highest BCUT2D eigenvalue weighted by atomic mass is 16.7. The van der Waals surface area contributed by atoms with Gasteiger partial charge in [-0.1, -0.05) is 27.7 Å². The Kier molecular flexibility index (Phi) is 5.93. The first kappa shape index (κ1) is 13.9. The molecule has 0 fully saturated rings. The molecule has 0 aliphatic rings. The van der Waals surface area contributed by atoms with E-state index in [0.717, 1.165) is 0 Å². The lowest BCUT2D eigenvalue weighted by Crippen LogP contribution is -2.40. The highest BCUT2D eigenvalue weighted by Crippen LogP contribution is 2.10. The zero-order valence-electron chi connectivity index (χ0n) is 9.60. The van der Waals surface area contributed by atoms with E-state index in [-0.39, 0.29) is 18.3 Å². The van der Waals surface area contributed by atoms with E-state index >= 15 is 0 Å². The summed E-state index contributed by atoms with van der Waals surface area (Å²) in [7, 11) is 0. The van der Waals surface area contributed by atoms with Gasteiger partial charge in [0.25, 0.3) is 6.47 Å². The molecule has 0 aromatic rings. The van der Waals surface area contributed by atoms with Gasteiger partial charge in [0.2, 0.25) is 6.29 Å². The van der Waals surface area contributed by atoms with Crippen molar-refractivity contribution in [2.75, 3.05) is 0 Å². The fraction of sp³-hybridized carbons (Fsp3) is 0.800. The molecule has 2 atom stereocenters. The zero-order valence-corrected chi connectivity index (χ0v) is 9.60. The SMILES string of the molecule is CC(C)[C@H](OC=O)OC(=O)[C@@H](N)C(C)C. The van der Waals surface area contributed by atoms with Crippen molar-refractivity contribution in [3.8, 4) is 0 Å². The van der Waals surface area contributed by atoms with Crippen LogP contribution in [0.15, 0.2) is 0 Å². The number of carbonyl (C=O) groups excluding carboxylic acids is 2. The zero-order chi connectivity index (χ0) is 12.0. The van der Waals surface area contributed by atoms with E-state index in [1.54, 1.807) is 13.8 Å². The monoisotopic (exact) mass is 217 g/mol. The minimum Gasteiger partial charge on any atom is -0.427 e. The Morgan fingerprint density at radius 1 is 1.20 bits per heavy atom. The van der Waals surface area contributed by atoms with Crippen LogP contribution in [0.2, 0.25) is 0 Å². The summed E-state index contributed by atoms with van der Waals surface area (Å²) < 4.78 is 9.58. The van der Waals surface area contributed by atoms with Crippen LogP contribution in [-0.4, -0.2) is 24.8 Å². The summed E-state index contributed by atoms with van der Waals surface area (Å²) in [5, 5.41) is 0. The number of ether oxygens (including phenoxy) is 2. The maximum atomic E-state index is 11.4. The molecule has 0 unspecified atom stereocenters. The molecule has 0 rings (SSSR count). The summed E-state index contributed by atoms with van der Waals surface area (Å²) in [6.45, 7) is 7.46. The Bertz CT molecular complexity index is 215. The average Bonchev–Trinajstić information content (AvgIpc) is 2.15. The van der Waals surface area contributed by atoms with Crippen molar-refractivity contribution in [2.24, 2.45) is 17.6 Å². The van der Waals surface area contributed by atoms with Gasteiger partial charge in [0.1, 0.15) is 6.04 Å². The summed E-state index contributed by atoms with van der Waals surface area (Å²) in [4.78, 5) is 21.6. The highest BCUT2D eigenvalue weighted by molar-refractivity contribution is 5.75. The molecule has 2 N–H and O–H groups in total. The van der Waals surface area contributed by atoms with Crippen LogP contribution in [0.3, 0.4) is 0 Å². The van der Waals surface area contributed by atoms with Crippen LogP contribution in [0.25, 0.3) is 0 Å². The van der Waals surface area contributed by atoms with Crippen molar-refractivity contribution in [3.63, 3.8) is 0 Å². The average molecular weight is 217 g/mol. The van der Waals surface area contributed by atoms with Crippen LogP contribution in [0.4, 0.5) is 0 Å². The number of hydrogen-bond donors (Lipinski definition) is 1. The second-order valence-electron chi connectivity index (χ2n) is 4.05. The lowest BCUT2D eigenvalue weighted by Gasteiger charge is -2.22. The van der Waals surface area contributed by atoms with Crippen LogP contribution < -0.4 is 5.73 Å². The lowest BCUT2D eigenvalue weighted by atomic mass is 10.1.